The van der Waals surface area contributed by atoms with Crippen molar-refractivity contribution in [2.45, 2.75) is 19.3 Å². The fourth-order valence-electron chi connectivity index (χ4n) is 2.35. The first kappa shape index (κ1) is 13.4. The lowest BCUT2D eigenvalue weighted by Gasteiger charge is -2.26. The smallest absolute Gasteiger partial charge is 0.242 e. The van der Waals surface area contributed by atoms with Crippen molar-refractivity contribution in [2.75, 3.05) is 31.1 Å². The molecule has 1 aliphatic rings. The minimum Gasteiger partial charge on any atom is -0.361 e. The molecule has 0 saturated carbocycles. The van der Waals surface area contributed by atoms with Crippen LogP contribution in [0, 0.1) is 11.3 Å². The fraction of sp³-hybridized carbons (Fsp3) is 0.467. The van der Waals surface area contributed by atoms with Gasteiger partial charge in [0, 0.05) is 25.3 Å². The van der Waals surface area contributed by atoms with E-state index in [1.165, 1.54) is 0 Å². The molecule has 1 aliphatic heterocycles. The molecule has 0 radical (unpaired) electrons. The summed E-state index contributed by atoms with van der Waals surface area (Å²) < 4.78 is 0. The molecule has 0 N–H and O–H groups in total. The van der Waals surface area contributed by atoms with E-state index in [0.717, 1.165) is 31.6 Å². The zero-order valence-electron chi connectivity index (χ0n) is 11.1. The van der Waals surface area contributed by atoms with Crippen molar-refractivity contribution < 1.29 is 4.79 Å². The highest BCUT2D eigenvalue weighted by Gasteiger charge is 2.20. The summed E-state index contributed by atoms with van der Waals surface area (Å²) in [5, 5.41) is 8.74. The third-order valence-electron chi connectivity index (χ3n) is 3.40. The van der Waals surface area contributed by atoms with E-state index >= 15 is 0 Å². The van der Waals surface area contributed by atoms with Crippen LogP contribution in [-0.2, 0) is 4.79 Å². The Morgan fingerprint density at radius 1 is 1.26 bits per heavy atom. The number of carbonyl (C=O) groups is 1. The Labute approximate surface area is 114 Å². The quantitative estimate of drug-likeness (QED) is 0.811. The van der Waals surface area contributed by atoms with Crippen molar-refractivity contribution >= 4 is 11.6 Å². The highest BCUT2D eigenvalue weighted by atomic mass is 16.2. The summed E-state index contributed by atoms with van der Waals surface area (Å²) in [6.45, 7) is 2.71. The number of rotatable bonds is 5. The third-order valence-corrected chi connectivity index (χ3v) is 3.40. The molecule has 0 bridgehead atoms. The van der Waals surface area contributed by atoms with Crippen molar-refractivity contribution in [3.05, 3.63) is 30.3 Å². The molecule has 0 unspecified atom stereocenters. The SMILES string of the molecule is N#CCCN(CC(=O)N1CCCC1)c1ccccc1. The van der Waals surface area contributed by atoms with Gasteiger partial charge >= 0.3 is 0 Å². The van der Waals surface area contributed by atoms with Gasteiger partial charge in [-0.25, -0.2) is 0 Å². The summed E-state index contributed by atoms with van der Waals surface area (Å²) in [6.07, 6.45) is 2.65. The van der Waals surface area contributed by atoms with Crippen molar-refractivity contribution in [2.24, 2.45) is 0 Å². The van der Waals surface area contributed by atoms with Gasteiger partial charge in [-0.15, -0.1) is 0 Å². The molecule has 4 heteroatoms. The van der Waals surface area contributed by atoms with E-state index < -0.39 is 0 Å². The number of nitrogens with zero attached hydrogens (tertiary/aromatic N) is 3. The molecule has 4 nitrogen and oxygen atoms in total. The van der Waals surface area contributed by atoms with Crippen LogP contribution in [0.2, 0.25) is 0 Å². The van der Waals surface area contributed by atoms with Gasteiger partial charge in [0.2, 0.25) is 5.91 Å². The maximum atomic E-state index is 12.2. The third kappa shape index (κ3) is 3.72. The van der Waals surface area contributed by atoms with Crippen LogP contribution in [-0.4, -0.2) is 37.0 Å². The predicted molar refractivity (Wildman–Crippen MR) is 74.7 cm³/mol. The van der Waals surface area contributed by atoms with Crippen molar-refractivity contribution in [3.63, 3.8) is 0 Å². The molecule has 1 amide bonds. The number of carbonyl (C=O) groups excluding carboxylic acids is 1. The monoisotopic (exact) mass is 257 g/mol. The number of anilines is 1. The van der Waals surface area contributed by atoms with Crippen LogP contribution >= 0.6 is 0 Å². The van der Waals surface area contributed by atoms with Crippen LogP contribution in [0.4, 0.5) is 5.69 Å². The molecular formula is C15H19N3O. The van der Waals surface area contributed by atoms with Crippen LogP contribution < -0.4 is 4.90 Å². The van der Waals surface area contributed by atoms with Crippen molar-refractivity contribution in [3.8, 4) is 6.07 Å². The van der Waals surface area contributed by atoms with Gasteiger partial charge in [-0.3, -0.25) is 4.79 Å². The van der Waals surface area contributed by atoms with Crippen LogP contribution in [0.25, 0.3) is 0 Å². The Kier molecular flexibility index (Phi) is 4.79. The Hall–Kier alpha value is -2.02. The molecule has 1 aromatic carbocycles. The lowest BCUT2D eigenvalue weighted by Crippen LogP contribution is -2.39. The van der Waals surface area contributed by atoms with Gasteiger partial charge in [0.15, 0.2) is 0 Å². The summed E-state index contributed by atoms with van der Waals surface area (Å²) in [6, 6.07) is 12.0. The molecule has 19 heavy (non-hydrogen) atoms. The van der Waals surface area contributed by atoms with Gasteiger partial charge in [0.25, 0.3) is 0 Å². The van der Waals surface area contributed by atoms with E-state index in [-0.39, 0.29) is 5.91 Å². The molecule has 100 valence electrons. The maximum absolute atomic E-state index is 12.2. The molecule has 1 heterocycles. The summed E-state index contributed by atoms with van der Waals surface area (Å²) in [5.74, 6) is 0.166. The largest absolute Gasteiger partial charge is 0.361 e. The van der Waals surface area contributed by atoms with Gasteiger partial charge < -0.3 is 9.80 Å². The molecule has 1 fully saturated rings. The Balaban J connectivity index is 2.01. The molecule has 1 aromatic rings. The van der Waals surface area contributed by atoms with E-state index in [0.29, 0.717) is 19.5 Å². The number of amides is 1. The summed E-state index contributed by atoms with van der Waals surface area (Å²) >= 11 is 0. The second kappa shape index (κ2) is 6.79. The summed E-state index contributed by atoms with van der Waals surface area (Å²) in [7, 11) is 0. The van der Waals surface area contributed by atoms with Gasteiger partial charge in [0.05, 0.1) is 19.0 Å². The molecule has 1 saturated heterocycles. The van der Waals surface area contributed by atoms with E-state index in [1.807, 2.05) is 40.1 Å². The summed E-state index contributed by atoms with van der Waals surface area (Å²) in [5.41, 5.74) is 1.00. The van der Waals surface area contributed by atoms with E-state index in [2.05, 4.69) is 6.07 Å². The number of nitriles is 1. The Morgan fingerprint density at radius 2 is 1.95 bits per heavy atom. The van der Waals surface area contributed by atoms with Gasteiger partial charge in [-0.05, 0) is 25.0 Å². The first-order valence-electron chi connectivity index (χ1n) is 6.76. The topological polar surface area (TPSA) is 47.3 Å². The zero-order chi connectivity index (χ0) is 13.5. The number of benzene rings is 1. The highest BCUT2D eigenvalue weighted by molar-refractivity contribution is 5.81. The lowest BCUT2D eigenvalue weighted by atomic mass is 10.2. The standard InChI is InChI=1S/C15H19N3O/c16-9-6-12-18(14-7-2-1-3-8-14)13-15(19)17-10-4-5-11-17/h1-3,7-8H,4-6,10-13H2. The first-order valence-corrected chi connectivity index (χ1v) is 6.76. The second-order valence-corrected chi connectivity index (χ2v) is 4.75. The van der Waals surface area contributed by atoms with Crippen LogP contribution in [0.3, 0.4) is 0 Å². The highest BCUT2D eigenvalue weighted by Crippen LogP contribution is 2.15. The molecule has 0 aliphatic carbocycles. The number of likely N-dealkylation sites (tertiary alicyclic amines) is 1. The van der Waals surface area contributed by atoms with Gasteiger partial charge in [0.1, 0.15) is 0 Å². The number of hydrogen-bond acceptors (Lipinski definition) is 3. The molecule has 0 atom stereocenters. The first-order chi connectivity index (χ1) is 9.31. The molecular weight excluding hydrogens is 238 g/mol. The molecule has 0 aromatic heterocycles. The van der Waals surface area contributed by atoms with Crippen LogP contribution in [0.15, 0.2) is 30.3 Å². The van der Waals surface area contributed by atoms with E-state index in [9.17, 15) is 4.79 Å². The summed E-state index contributed by atoms with van der Waals surface area (Å²) in [4.78, 5) is 16.1. The van der Waals surface area contributed by atoms with E-state index in [4.69, 9.17) is 5.26 Å². The average Bonchev–Trinajstić information content (AvgIpc) is 2.98. The normalized spacial score (nSPS) is 14.2. The zero-order valence-corrected chi connectivity index (χ0v) is 11.1. The average molecular weight is 257 g/mol. The van der Waals surface area contributed by atoms with Crippen molar-refractivity contribution in [1.29, 1.82) is 5.26 Å². The van der Waals surface area contributed by atoms with Gasteiger partial charge in [-0.2, -0.15) is 5.26 Å². The van der Waals surface area contributed by atoms with Crippen LogP contribution in [0.5, 0.6) is 0 Å². The minimum absolute atomic E-state index is 0.166. The predicted octanol–water partition coefficient (Wildman–Crippen LogP) is 2.03. The van der Waals surface area contributed by atoms with E-state index in [1.54, 1.807) is 0 Å². The Morgan fingerprint density at radius 3 is 2.58 bits per heavy atom. The van der Waals surface area contributed by atoms with Crippen LogP contribution in [0.1, 0.15) is 19.3 Å². The van der Waals surface area contributed by atoms with Crippen molar-refractivity contribution in [1.82, 2.24) is 4.90 Å². The number of hydrogen-bond donors (Lipinski definition) is 0. The lowest BCUT2D eigenvalue weighted by molar-refractivity contribution is -0.128. The molecule has 0 spiro atoms. The van der Waals surface area contributed by atoms with Gasteiger partial charge in [-0.1, -0.05) is 18.2 Å². The maximum Gasteiger partial charge on any atom is 0.242 e. The fourth-order valence-corrected chi connectivity index (χ4v) is 2.35. The molecule has 2 rings (SSSR count). The Bertz CT molecular complexity index is 446. The minimum atomic E-state index is 0.166. The second-order valence-electron chi connectivity index (χ2n) is 4.75. The number of para-hydroxylation sites is 1.